The molecule has 1 heterocycles. The first-order valence-electron chi connectivity index (χ1n) is 11.1. The molecular weight excluding hydrogens is 436 g/mol. The van der Waals surface area contributed by atoms with Gasteiger partial charge in [-0.1, -0.05) is 60.7 Å². The van der Waals surface area contributed by atoms with Crippen molar-refractivity contribution in [2.45, 2.75) is 44.4 Å². The first-order chi connectivity index (χ1) is 15.5. The van der Waals surface area contributed by atoms with Crippen molar-refractivity contribution in [1.29, 1.82) is 0 Å². The highest BCUT2D eigenvalue weighted by Crippen LogP contribution is 2.39. The normalized spacial score (nSPS) is 15.1. The second-order valence-electron chi connectivity index (χ2n) is 8.58. The Morgan fingerprint density at radius 3 is 2.28 bits per heavy atom. The minimum atomic E-state index is 0.0919. The predicted molar refractivity (Wildman–Crippen MR) is 139 cm³/mol. The lowest BCUT2D eigenvalue weighted by Gasteiger charge is -2.38. The molecule has 32 heavy (non-hydrogen) atoms. The third kappa shape index (κ3) is 5.78. The third-order valence-corrected chi connectivity index (χ3v) is 6.70. The molecule has 1 saturated carbocycles. The van der Waals surface area contributed by atoms with Crippen molar-refractivity contribution in [3.05, 3.63) is 83.0 Å². The summed E-state index contributed by atoms with van der Waals surface area (Å²) >= 11 is 11.7. The van der Waals surface area contributed by atoms with E-state index in [2.05, 4.69) is 52.1 Å². The molecule has 0 bridgehead atoms. The fraction of sp³-hybridized carbons (Fsp3) is 0.308. The van der Waals surface area contributed by atoms with Gasteiger partial charge >= 0.3 is 0 Å². The molecule has 4 rings (SSSR count). The van der Waals surface area contributed by atoms with Crippen molar-refractivity contribution >= 4 is 46.1 Å². The molecule has 3 N–H and O–H groups in total. The number of aromatic nitrogens is 1. The van der Waals surface area contributed by atoms with Gasteiger partial charge in [0.05, 0.1) is 11.9 Å². The van der Waals surface area contributed by atoms with Gasteiger partial charge in [0.1, 0.15) is 5.82 Å². The van der Waals surface area contributed by atoms with E-state index in [0.717, 1.165) is 41.6 Å². The Morgan fingerprint density at radius 2 is 1.62 bits per heavy atom. The van der Waals surface area contributed by atoms with Crippen molar-refractivity contribution in [2.75, 3.05) is 17.2 Å². The number of thiocarbonyl (C=S) groups is 1. The van der Waals surface area contributed by atoms with Gasteiger partial charge in [-0.05, 0) is 73.9 Å². The number of benzene rings is 2. The minimum Gasteiger partial charge on any atom is -0.362 e. The summed E-state index contributed by atoms with van der Waals surface area (Å²) in [6, 6.07) is 20.5. The molecule has 0 amide bonds. The van der Waals surface area contributed by atoms with Crippen LogP contribution >= 0.6 is 23.8 Å². The summed E-state index contributed by atoms with van der Waals surface area (Å²) in [6.45, 7) is 2.88. The summed E-state index contributed by atoms with van der Waals surface area (Å²) in [5, 5.41) is 11.4. The highest BCUT2D eigenvalue weighted by molar-refractivity contribution is 7.80. The molecule has 1 aliphatic rings. The molecule has 6 heteroatoms. The van der Waals surface area contributed by atoms with Gasteiger partial charge in [0.2, 0.25) is 0 Å². The Kier molecular flexibility index (Phi) is 7.28. The quantitative estimate of drug-likeness (QED) is 0.343. The Labute approximate surface area is 200 Å². The smallest absolute Gasteiger partial charge is 0.170 e. The van der Waals surface area contributed by atoms with Crippen LogP contribution in [0.5, 0.6) is 0 Å². The van der Waals surface area contributed by atoms with E-state index in [-0.39, 0.29) is 5.41 Å². The van der Waals surface area contributed by atoms with Crippen LogP contribution < -0.4 is 16.0 Å². The molecule has 1 aliphatic carbocycles. The first kappa shape index (κ1) is 22.6. The zero-order valence-corrected chi connectivity index (χ0v) is 19.9. The highest BCUT2D eigenvalue weighted by atomic mass is 35.5. The maximum Gasteiger partial charge on any atom is 0.170 e. The topological polar surface area (TPSA) is 49.0 Å². The van der Waals surface area contributed by atoms with Crippen LogP contribution in [-0.4, -0.2) is 16.6 Å². The van der Waals surface area contributed by atoms with Crippen LogP contribution in [0.15, 0.2) is 66.9 Å². The molecule has 3 aromatic rings. The Bertz CT molecular complexity index is 1030. The summed E-state index contributed by atoms with van der Waals surface area (Å²) < 4.78 is 0. The molecule has 0 saturated heterocycles. The van der Waals surface area contributed by atoms with Crippen molar-refractivity contribution < 1.29 is 0 Å². The number of hydrogen-bond donors (Lipinski definition) is 3. The van der Waals surface area contributed by atoms with Gasteiger partial charge in [0, 0.05) is 22.7 Å². The number of nitrogens with one attached hydrogen (secondary N) is 3. The Morgan fingerprint density at radius 1 is 0.938 bits per heavy atom. The van der Waals surface area contributed by atoms with Crippen LogP contribution in [0.2, 0.25) is 5.02 Å². The lowest BCUT2D eigenvalue weighted by molar-refractivity contribution is 0.292. The monoisotopic (exact) mass is 464 g/mol. The summed E-state index contributed by atoms with van der Waals surface area (Å²) in [4.78, 5) is 4.50. The molecule has 0 unspecified atom stereocenters. The van der Waals surface area contributed by atoms with Crippen molar-refractivity contribution in [2.24, 2.45) is 0 Å². The van der Waals surface area contributed by atoms with E-state index < -0.39 is 0 Å². The summed E-state index contributed by atoms with van der Waals surface area (Å²) in [6.07, 6.45) is 7.89. The summed E-state index contributed by atoms with van der Waals surface area (Å²) in [5.41, 5.74) is 4.54. The van der Waals surface area contributed by atoms with Gasteiger partial charge in [0.25, 0.3) is 0 Å². The molecular formula is C26H29ClN4S. The SMILES string of the molecule is Cc1ccc(Nc2ccc(NC(=S)NCC3(c4ccc(Cl)cc4)CCCCC3)cn2)cc1. The maximum absolute atomic E-state index is 6.12. The first-order valence-corrected chi connectivity index (χ1v) is 11.9. The molecule has 2 aromatic carbocycles. The lowest BCUT2D eigenvalue weighted by atomic mass is 9.69. The van der Waals surface area contributed by atoms with Gasteiger partial charge < -0.3 is 16.0 Å². The standard InChI is InChI=1S/C26H29ClN4S/c1-19-5-11-22(12-6-19)30-24-14-13-23(17-28-24)31-25(32)29-18-26(15-3-2-4-16-26)20-7-9-21(27)10-8-20/h5-14,17H,2-4,15-16,18H2,1H3,(H,28,30)(H2,29,31,32). The number of pyridine rings is 1. The molecule has 4 nitrogen and oxygen atoms in total. The van der Waals surface area contributed by atoms with Crippen molar-refractivity contribution in [3.63, 3.8) is 0 Å². The van der Waals surface area contributed by atoms with Crippen LogP contribution in [0.1, 0.15) is 43.2 Å². The molecule has 1 aromatic heterocycles. The van der Waals surface area contributed by atoms with Gasteiger partial charge in [-0.25, -0.2) is 4.98 Å². The van der Waals surface area contributed by atoms with Crippen molar-refractivity contribution in [1.82, 2.24) is 10.3 Å². The van der Waals surface area contributed by atoms with Gasteiger partial charge in [0.15, 0.2) is 5.11 Å². The van der Waals surface area contributed by atoms with Crippen molar-refractivity contribution in [3.8, 4) is 0 Å². The van der Waals surface area contributed by atoms with Gasteiger partial charge in [-0.15, -0.1) is 0 Å². The lowest BCUT2D eigenvalue weighted by Crippen LogP contribution is -2.43. The van der Waals surface area contributed by atoms with Crippen LogP contribution in [0.4, 0.5) is 17.2 Å². The molecule has 0 radical (unpaired) electrons. The Hall–Kier alpha value is -2.63. The average molecular weight is 465 g/mol. The number of halogens is 1. The molecule has 0 aliphatic heterocycles. The molecule has 166 valence electrons. The number of aryl methyl sites for hydroxylation is 1. The number of anilines is 3. The summed E-state index contributed by atoms with van der Waals surface area (Å²) in [7, 11) is 0. The number of hydrogen-bond acceptors (Lipinski definition) is 3. The molecule has 0 spiro atoms. The fourth-order valence-corrected chi connectivity index (χ4v) is 4.67. The largest absolute Gasteiger partial charge is 0.362 e. The zero-order valence-electron chi connectivity index (χ0n) is 18.3. The van der Waals surface area contributed by atoms with E-state index in [0.29, 0.717) is 5.11 Å². The van der Waals surface area contributed by atoms with Gasteiger partial charge in [-0.3, -0.25) is 0 Å². The van der Waals surface area contributed by atoms with Crippen LogP contribution in [-0.2, 0) is 5.41 Å². The molecule has 1 fully saturated rings. The maximum atomic E-state index is 6.12. The van der Waals surface area contributed by atoms with E-state index >= 15 is 0 Å². The van der Waals surface area contributed by atoms with Crippen LogP contribution in [0, 0.1) is 6.92 Å². The summed E-state index contributed by atoms with van der Waals surface area (Å²) in [5.74, 6) is 0.794. The minimum absolute atomic E-state index is 0.0919. The second-order valence-corrected chi connectivity index (χ2v) is 9.42. The average Bonchev–Trinajstić information content (AvgIpc) is 2.82. The highest BCUT2D eigenvalue weighted by Gasteiger charge is 2.33. The predicted octanol–water partition coefficient (Wildman–Crippen LogP) is 6.98. The van der Waals surface area contributed by atoms with E-state index in [1.54, 1.807) is 6.20 Å². The number of nitrogens with zero attached hydrogens (tertiary/aromatic N) is 1. The van der Waals surface area contributed by atoms with E-state index in [9.17, 15) is 0 Å². The van der Waals surface area contributed by atoms with Gasteiger partial charge in [-0.2, -0.15) is 0 Å². The zero-order chi connectivity index (χ0) is 22.4. The fourth-order valence-electron chi connectivity index (χ4n) is 4.35. The van der Waals surface area contributed by atoms with Crippen LogP contribution in [0.3, 0.4) is 0 Å². The van der Waals surface area contributed by atoms with Crippen LogP contribution in [0.25, 0.3) is 0 Å². The van der Waals surface area contributed by atoms with E-state index in [1.165, 1.54) is 30.4 Å². The van der Waals surface area contributed by atoms with E-state index in [4.69, 9.17) is 23.8 Å². The Balaban J connectivity index is 1.35. The molecule has 0 atom stereocenters. The second kappa shape index (κ2) is 10.3. The third-order valence-electron chi connectivity index (χ3n) is 6.20. The van der Waals surface area contributed by atoms with E-state index in [1.807, 2.05) is 36.4 Å². The number of rotatable bonds is 6.